The number of amides is 1. The first-order valence-electron chi connectivity index (χ1n) is 5.75. The topological polar surface area (TPSA) is 97.2 Å². The van der Waals surface area contributed by atoms with Gasteiger partial charge in [0.1, 0.15) is 12.0 Å². The highest BCUT2D eigenvalue weighted by atomic mass is 32.2. The van der Waals surface area contributed by atoms with E-state index in [0.29, 0.717) is 18.9 Å². The third-order valence-corrected chi connectivity index (χ3v) is 2.88. The Bertz CT molecular complexity index is 467. The van der Waals surface area contributed by atoms with Crippen LogP contribution >= 0.6 is 11.8 Å². The molecule has 1 amide bonds. The van der Waals surface area contributed by atoms with Crippen LogP contribution in [0.4, 0.5) is 11.5 Å². The zero-order valence-corrected chi connectivity index (χ0v) is 11.6. The molecule has 2 N–H and O–H groups in total. The van der Waals surface area contributed by atoms with Crippen molar-refractivity contribution in [3.05, 3.63) is 27.9 Å². The van der Waals surface area contributed by atoms with Crippen LogP contribution in [0.1, 0.15) is 17.3 Å². The second kappa shape index (κ2) is 7.57. The first kappa shape index (κ1) is 15.2. The van der Waals surface area contributed by atoms with Gasteiger partial charge in [0.2, 0.25) is 0 Å². The predicted octanol–water partition coefficient (Wildman–Crippen LogP) is 1.51. The van der Waals surface area contributed by atoms with Crippen molar-refractivity contribution in [1.82, 2.24) is 10.3 Å². The highest BCUT2D eigenvalue weighted by molar-refractivity contribution is 7.98. The summed E-state index contributed by atoms with van der Waals surface area (Å²) in [4.78, 5) is 26.0. The zero-order chi connectivity index (χ0) is 14.3. The number of nitrogens with one attached hydrogen (secondary N) is 2. The Morgan fingerprint density at radius 1 is 1.58 bits per heavy atom. The number of nitro groups is 1. The smallest absolute Gasteiger partial charge is 0.288 e. The lowest BCUT2D eigenvalue weighted by atomic mass is 10.2. The summed E-state index contributed by atoms with van der Waals surface area (Å²) in [5.74, 6) is 0.779. The minimum absolute atomic E-state index is 0.192. The molecule has 0 aliphatic heterocycles. The van der Waals surface area contributed by atoms with Gasteiger partial charge in [0.25, 0.3) is 11.6 Å². The van der Waals surface area contributed by atoms with Crippen molar-refractivity contribution >= 4 is 29.2 Å². The van der Waals surface area contributed by atoms with Gasteiger partial charge < -0.3 is 10.6 Å². The van der Waals surface area contributed by atoms with Crippen LogP contribution in [0, 0.1) is 10.1 Å². The molecule has 7 nitrogen and oxygen atoms in total. The van der Waals surface area contributed by atoms with Crippen LogP contribution in [0.15, 0.2) is 12.3 Å². The molecular weight excluding hydrogens is 268 g/mol. The van der Waals surface area contributed by atoms with Crippen molar-refractivity contribution in [2.45, 2.75) is 6.92 Å². The predicted molar refractivity (Wildman–Crippen MR) is 75.8 cm³/mol. The summed E-state index contributed by atoms with van der Waals surface area (Å²) >= 11 is 1.61. The number of pyridine rings is 1. The molecule has 0 fully saturated rings. The molecule has 8 heteroatoms. The molecule has 0 unspecified atom stereocenters. The Labute approximate surface area is 115 Å². The summed E-state index contributed by atoms with van der Waals surface area (Å²) < 4.78 is 0. The van der Waals surface area contributed by atoms with Crippen LogP contribution in [0.2, 0.25) is 0 Å². The van der Waals surface area contributed by atoms with Crippen molar-refractivity contribution in [2.24, 2.45) is 0 Å². The second-order valence-corrected chi connectivity index (χ2v) is 4.61. The quantitative estimate of drug-likeness (QED) is 0.447. The van der Waals surface area contributed by atoms with Gasteiger partial charge in [-0.25, -0.2) is 4.98 Å². The first-order chi connectivity index (χ1) is 9.10. The van der Waals surface area contributed by atoms with Crippen LogP contribution in [0.5, 0.6) is 0 Å². The molecule has 0 aromatic carbocycles. The molecule has 0 aliphatic carbocycles. The van der Waals surface area contributed by atoms with Crippen LogP contribution in [0.25, 0.3) is 0 Å². The number of rotatable bonds is 7. The molecule has 1 aromatic rings. The van der Waals surface area contributed by atoms with E-state index < -0.39 is 4.92 Å². The van der Waals surface area contributed by atoms with E-state index in [1.165, 1.54) is 6.07 Å². The van der Waals surface area contributed by atoms with Gasteiger partial charge in [-0.2, -0.15) is 11.8 Å². The summed E-state index contributed by atoms with van der Waals surface area (Å²) in [7, 11) is 0. The second-order valence-electron chi connectivity index (χ2n) is 3.63. The molecule has 19 heavy (non-hydrogen) atoms. The number of hydrogen-bond acceptors (Lipinski definition) is 6. The van der Waals surface area contributed by atoms with Crippen molar-refractivity contribution < 1.29 is 9.72 Å². The van der Waals surface area contributed by atoms with E-state index in [1.807, 2.05) is 13.2 Å². The van der Waals surface area contributed by atoms with Gasteiger partial charge in [-0.15, -0.1) is 0 Å². The molecule has 0 radical (unpaired) electrons. The lowest BCUT2D eigenvalue weighted by Gasteiger charge is -2.09. The monoisotopic (exact) mass is 284 g/mol. The van der Waals surface area contributed by atoms with E-state index in [-0.39, 0.29) is 17.2 Å². The van der Waals surface area contributed by atoms with Crippen molar-refractivity contribution in [1.29, 1.82) is 0 Å². The fraction of sp³-hybridized carbons (Fsp3) is 0.455. The highest BCUT2D eigenvalue weighted by Crippen LogP contribution is 2.18. The van der Waals surface area contributed by atoms with E-state index in [9.17, 15) is 14.9 Å². The van der Waals surface area contributed by atoms with Gasteiger partial charge in [0.05, 0.1) is 10.5 Å². The minimum atomic E-state index is -0.568. The zero-order valence-electron chi connectivity index (χ0n) is 10.8. The Morgan fingerprint density at radius 3 is 2.89 bits per heavy atom. The molecule has 0 spiro atoms. The summed E-state index contributed by atoms with van der Waals surface area (Å²) in [5, 5.41) is 16.3. The molecule has 104 valence electrons. The van der Waals surface area contributed by atoms with Gasteiger partial charge in [-0.3, -0.25) is 14.9 Å². The van der Waals surface area contributed by atoms with Crippen LogP contribution in [-0.4, -0.2) is 40.9 Å². The molecule has 0 bridgehead atoms. The summed E-state index contributed by atoms with van der Waals surface area (Å²) in [5.41, 5.74) is -0.00572. The lowest BCUT2D eigenvalue weighted by Crippen LogP contribution is -2.27. The van der Waals surface area contributed by atoms with Crippen LogP contribution in [0.3, 0.4) is 0 Å². The van der Waals surface area contributed by atoms with Gasteiger partial charge in [0, 0.05) is 24.9 Å². The van der Waals surface area contributed by atoms with E-state index in [4.69, 9.17) is 0 Å². The van der Waals surface area contributed by atoms with Gasteiger partial charge in [0.15, 0.2) is 0 Å². The Kier molecular flexibility index (Phi) is 6.07. The number of carbonyl (C=O) groups excluding carboxylic acids is 1. The van der Waals surface area contributed by atoms with Crippen LogP contribution < -0.4 is 10.6 Å². The largest absolute Gasteiger partial charge is 0.370 e. The van der Waals surface area contributed by atoms with Crippen molar-refractivity contribution in [3.8, 4) is 0 Å². The average Bonchev–Trinajstić information content (AvgIpc) is 2.39. The lowest BCUT2D eigenvalue weighted by molar-refractivity contribution is -0.385. The van der Waals surface area contributed by atoms with Gasteiger partial charge in [-0.1, -0.05) is 0 Å². The van der Waals surface area contributed by atoms with Gasteiger partial charge >= 0.3 is 0 Å². The van der Waals surface area contributed by atoms with Gasteiger partial charge in [-0.05, 0) is 13.2 Å². The normalized spacial score (nSPS) is 10.0. The maximum Gasteiger partial charge on any atom is 0.288 e. The summed E-state index contributed by atoms with van der Waals surface area (Å²) in [6, 6.07) is 1.24. The molecule has 0 saturated carbocycles. The first-order valence-corrected chi connectivity index (χ1v) is 7.15. The Balaban J connectivity index is 2.95. The molecule has 1 heterocycles. The molecule has 0 aliphatic rings. The molecule has 1 rings (SSSR count). The minimum Gasteiger partial charge on any atom is -0.370 e. The molecule has 0 saturated heterocycles. The third-order valence-electron chi connectivity index (χ3n) is 2.26. The number of aromatic nitrogens is 1. The fourth-order valence-corrected chi connectivity index (χ4v) is 1.70. The van der Waals surface area contributed by atoms with E-state index in [2.05, 4.69) is 15.6 Å². The summed E-state index contributed by atoms with van der Waals surface area (Å²) in [6.45, 7) is 2.95. The van der Waals surface area contributed by atoms with E-state index >= 15 is 0 Å². The maximum absolute atomic E-state index is 12.0. The SMILES string of the molecule is CCNc1ncc([N+](=O)[O-])cc1C(=O)NCCSC. The Hall–Kier alpha value is -1.83. The van der Waals surface area contributed by atoms with Crippen LogP contribution in [-0.2, 0) is 0 Å². The average molecular weight is 284 g/mol. The summed E-state index contributed by atoms with van der Waals surface area (Å²) in [6.07, 6.45) is 3.07. The van der Waals surface area contributed by atoms with Crippen molar-refractivity contribution in [2.75, 3.05) is 30.4 Å². The standard InChI is InChI=1S/C11H16N4O3S/c1-3-12-10-9(11(16)13-4-5-19-2)6-8(7-14-10)15(17)18/h6-7H,3-5H2,1-2H3,(H,12,14)(H,13,16). The third kappa shape index (κ3) is 4.40. The Morgan fingerprint density at radius 2 is 2.32 bits per heavy atom. The number of anilines is 1. The maximum atomic E-state index is 12.0. The number of carbonyl (C=O) groups is 1. The fourth-order valence-electron chi connectivity index (χ4n) is 1.40. The number of nitrogens with zero attached hydrogens (tertiary/aromatic N) is 2. The molecular formula is C11H16N4O3S. The van der Waals surface area contributed by atoms with Crippen molar-refractivity contribution in [3.63, 3.8) is 0 Å². The number of hydrogen-bond donors (Lipinski definition) is 2. The molecule has 0 atom stereocenters. The van der Waals surface area contributed by atoms with E-state index in [1.54, 1.807) is 11.8 Å². The number of thioether (sulfide) groups is 1. The highest BCUT2D eigenvalue weighted by Gasteiger charge is 2.17. The van der Waals surface area contributed by atoms with E-state index in [0.717, 1.165) is 11.9 Å². The molecule has 1 aromatic heterocycles.